The summed E-state index contributed by atoms with van der Waals surface area (Å²) in [5.41, 5.74) is 6.66. The molecule has 0 saturated carbocycles. The average Bonchev–Trinajstić information content (AvgIpc) is 3.21. The number of nitrogens with zero attached hydrogens (tertiary/aromatic N) is 4. The summed E-state index contributed by atoms with van der Waals surface area (Å²) < 4.78 is 10.7. The molecule has 3 N–H and O–H groups in total. The monoisotopic (exact) mass is 526 g/mol. The van der Waals surface area contributed by atoms with E-state index >= 15 is 0 Å². The molecule has 0 radical (unpaired) electrons. The third-order valence-corrected chi connectivity index (χ3v) is 7.40. The molecule has 0 bridgehead atoms. The third kappa shape index (κ3) is 6.56. The van der Waals surface area contributed by atoms with E-state index < -0.39 is 11.9 Å². The summed E-state index contributed by atoms with van der Waals surface area (Å²) in [6, 6.07) is 6.84. The lowest BCUT2D eigenvalue weighted by molar-refractivity contribution is -0.146. The van der Waals surface area contributed by atoms with E-state index in [9.17, 15) is 14.4 Å². The van der Waals surface area contributed by atoms with Crippen LogP contribution in [0.25, 0.3) is 11.4 Å². The number of carbonyl (C=O) groups is 3. The first-order chi connectivity index (χ1) is 17.9. The minimum atomic E-state index is -0.539. The van der Waals surface area contributed by atoms with Crippen LogP contribution < -0.4 is 10.5 Å². The smallest absolute Gasteiger partial charge is 0.306 e. The Labute approximate surface area is 219 Å². The lowest BCUT2D eigenvalue weighted by Crippen LogP contribution is -2.47. The maximum Gasteiger partial charge on any atom is 0.306 e. The highest BCUT2D eigenvalue weighted by Crippen LogP contribution is 2.29. The fourth-order valence-electron chi connectivity index (χ4n) is 4.36. The summed E-state index contributed by atoms with van der Waals surface area (Å²) in [7, 11) is 1.30. The van der Waals surface area contributed by atoms with Gasteiger partial charge in [-0.1, -0.05) is 0 Å². The Bertz CT molecular complexity index is 1140. The molecule has 2 saturated heterocycles. The number of nitrogens with two attached hydrogens (primary N) is 1. The molecule has 37 heavy (non-hydrogen) atoms. The van der Waals surface area contributed by atoms with Crippen LogP contribution in [0.3, 0.4) is 0 Å². The van der Waals surface area contributed by atoms with Crippen LogP contribution in [0, 0.1) is 11.3 Å². The van der Waals surface area contributed by atoms with E-state index in [4.69, 9.17) is 20.6 Å². The predicted molar refractivity (Wildman–Crippen MR) is 138 cm³/mol. The minimum Gasteiger partial charge on any atom is -0.491 e. The van der Waals surface area contributed by atoms with Gasteiger partial charge in [-0.2, -0.15) is 11.8 Å². The number of carbonyl (C=O) groups excluding carboxylic acids is 3. The topological polar surface area (TPSA) is 152 Å². The van der Waals surface area contributed by atoms with Crippen molar-refractivity contribution < 1.29 is 23.9 Å². The summed E-state index contributed by atoms with van der Waals surface area (Å²) >= 11 is 1.81. The van der Waals surface area contributed by atoms with Gasteiger partial charge < -0.3 is 25.0 Å². The Morgan fingerprint density at radius 2 is 1.84 bits per heavy atom. The van der Waals surface area contributed by atoms with E-state index in [0.29, 0.717) is 36.6 Å². The molecule has 2 aromatic rings. The van der Waals surface area contributed by atoms with E-state index in [1.165, 1.54) is 19.5 Å². The normalized spacial score (nSPS) is 19.5. The fourth-order valence-corrected chi connectivity index (χ4v) is 5.26. The molecule has 1 aromatic carbocycles. The number of esters is 1. The summed E-state index contributed by atoms with van der Waals surface area (Å²) in [6.07, 6.45) is 3.38. The molecule has 2 aliphatic heterocycles. The molecular weight excluding hydrogens is 496 g/mol. The van der Waals surface area contributed by atoms with Crippen molar-refractivity contribution in [1.82, 2.24) is 19.8 Å². The van der Waals surface area contributed by atoms with Crippen molar-refractivity contribution in [2.75, 3.05) is 44.9 Å². The van der Waals surface area contributed by atoms with Gasteiger partial charge in [-0.3, -0.25) is 19.8 Å². The van der Waals surface area contributed by atoms with Gasteiger partial charge in [-0.25, -0.2) is 9.97 Å². The van der Waals surface area contributed by atoms with E-state index in [2.05, 4.69) is 9.97 Å². The Morgan fingerprint density at radius 3 is 2.46 bits per heavy atom. The lowest BCUT2D eigenvalue weighted by atomic mass is 10.0. The molecule has 1 aromatic heterocycles. The fraction of sp³-hybridized carbons (Fsp3) is 0.440. The van der Waals surface area contributed by atoms with E-state index in [0.717, 1.165) is 17.1 Å². The van der Waals surface area contributed by atoms with Crippen molar-refractivity contribution in [3.63, 3.8) is 0 Å². The molecule has 2 amide bonds. The highest BCUT2D eigenvalue weighted by molar-refractivity contribution is 7.99. The number of likely N-dealkylation sites (tertiary alicyclic amines) is 1. The van der Waals surface area contributed by atoms with Gasteiger partial charge in [-0.05, 0) is 30.7 Å². The van der Waals surface area contributed by atoms with Crippen molar-refractivity contribution in [3.8, 4) is 17.1 Å². The SMILES string of the molecule is COC(=O)C[C@@H]1C[C@@H](COc2ccc(-c3ncc(C(=N)N)cn3)cc2)N(CC(=O)N2CCSCC2)C1=O. The first-order valence-corrected chi connectivity index (χ1v) is 13.1. The molecule has 0 unspecified atom stereocenters. The lowest BCUT2D eigenvalue weighted by Gasteiger charge is -2.30. The molecule has 12 heteroatoms. The van der Waals surface area contributed by atoms with Crippen molar-refractivity contribution in [2.45, 2.75) is 18.9 Å². The Balaban J connectivity index is 1.41. The van der Waals surface area contributed by atoms with Gasteiger partial charge in [0.2, 0.25) is 11.8 Å². The Hall–Kier alpha value is -3.67. The molecule has 196 valence electrons. The Kier molecular flexibility index (Phi) is 8.59. The zero-order chi connectivity index (χ0) is 26.4. The number of ether oxygens (including phenoxy) is 2. The molecule has 2 fully saturated rings. The van der Waals surface area contributed by atoms with Crippen LogP contribution in [0.5, 0.6) is 5.75 Å². The van der Waals surface area contributed by atoms with Gasteiger partial charge >= 0.3 is 5.97 Å². The van der Waals surface area contributed by atoms with Crippen LogP contribution >= 0.6 is 11.8 Å². The summed E-state index contributed by atoms with van der Waals surface area (Å²) in [5, 5.41) is 7.44. The van der Waals surface area contributed by atoms with Crippen LogP contribution in [0.15, 0.2) is 36.7 Å². The number of nitrogen functional groups attached to an aromatic ring is 1. The zero-order valence-electron chi connectivity index (χ0n) is 20.6. The maximum atomic E-state index is 13.1. The highest BCUT2D eigenvalue weighted by atomic mass is 32.2. The van der Waals surface area contributed by atoms with Gasteiger partial charge in [0.1, 0.15) is 24.7 Å². The standard InChI is InChI=1S/C25H30N6O5S/c1-35-22(33)11-17-10-19(31(25(17)34)14-21(32)30-6-8-37-9-7-30)15-36-20-4-2-16(3-5-20)24-28-12-18(13-29-24)23(26)27/h2-5,12-13,17,19H,6-11,14-15H2,1H3,(H3,26,27)/t17-,19-/m0/s1. The van der Waals surface area contributed by atoms with Crippen LogP contribution in [0.2, 0.25) is 0 Å². The predicted octanol–water partition coefficient (Wildman–Crippen LogP) is 1.16. The maximum absolute atomic E-state index is 13.1. The molecule has 2 atom stereocenters. The number of nitrogens with one attached hydrogen (secondary N) is 1. The van der Waals surface area contributed by atoms with E-state index in [-0.39, 0.29) is 43.3 Å². The highest BCUT2D eigenvalue weighted by Gasteiger charge is 2.42. The number of benzene rings is 1. The number of amides is 2. The zero-order valence-corrected chi connectivity index (χ0v) is 21.4. The average molecular weight is 527 g/mol. The van der Waals surface area contributed by atoms with Crippen LogP contribution in [0.4, 0.5) is 0 Å². The van der Waals surface area contributed by atoms with E-state index in [1.807, 2.05) is 23.9 Å². The van der Waals surface area contributed by atoms with Gasteiger partial charge in [0.15, 0.2) is 5.82 Å². The van der Waals surface area contributed by atoms with Crippen molar-refractivity contribution >= 4 is 35.4 Å². The number of amidine groups is 1. The second-order valence-electron chi connectivity index (χ2n) is 8.87. The molecule has 3 heterocycles. The first-order valence-electron chi connectivity index (χ1n) is 12.0. The van der Waals surface area contributed by atoms with Gasteiger partial charge in [0, 0.05) is 42.6 Å². The number of thioether (sulfide) groups is 1. The van der Waals surface area contributed by atoms with Gasteiger partial charge in [0.25, 0.3) is 0 Å². The number of hydrogen-bond donors (Lipinski definition) is 2. The molecule has 11 nitrogen and oxygen atoms in total. The summed E-state index contributed by atoms with van der Waals surface area (Å²) in [5.74, 6) is 1.46. The van der Waals surface area contributed by atoms with Crippen LogP contribution in [0.1, 0.15) is 18.4 Å². The summed E-state index contributed by atoms with van der Waals surface area (Å²) in [4.78, 5) is 49.7. The van der Waals surface area contributed by atoms with Gasteiger partial charge in [0.05, 0.1) is 31.1 Å². The molecule has 2 aliphatic rings. The number of rotatable bonds is 9. The molecular formula is C25H30N6O5S. The van der Waals surface area contributed by atoms with Crippen molar-refractivity contribution in [1.29, 1.82) is 5.41 Å². The van der Waals surface area contributed by atoms with E-state index in [1.54, 1.807) is 21.9 Å². The van der Waals surface area contributed by atoms with Crippen LogP contribution in [-0.2, 0) is 19.1 Å². The van der Waals surface area contributed by atoms with Crippen LogP contribution in [-0.4, -0.2) is 94.3 Å². The summed E-state index contributed by atoms with van der Waals surface area (Å²) in [6.45, 7) is 1.51. The molecule has 0 spiro atoms. The number of methoxy groups -OCH3 is 1. The Morgan fingerprint density at radius 1 is 1.16 bits per heavy atom. The number of hydrogen-bond acceptors (Lipinski definition) is 9. The molecule has 4 rings (SSSR count). The second kappa shape index (κ2) is 12.0. The number of aromatic nitrogens is 2. The molecule has 0 aliphatic carbocycles. The van der Waals surface area contributed by atoms with Gasteiger partial charge in [-0.15, -0.1) is 0 Å². The quantitative estimate of drug-likeness (QED) is 0.278. The third-order valence-electron chi connectivity index (χ3n) is 6.46. The minimum absolute atomic E-state index is 0.0198. The first kappa shape index (κ1) is 26.4. The van der Waals surface area contributed by atoms with Crippen molar-refractivity contribution in [2.24, 2.45) is 11.7 Å². The largest absolute Gasteiger partial charge is 0.491 e. The van der Waals surface area contributed by atoms with Crippen molar-refractivity contribution in [3.05, 3.63) is 42.2 Å². The second-order valence-corrected chi connectivity index (χ2v) is 10.1.